The van der Waals surface area contributed by atoms with Crippen molar-refractivity contribution in [3.8, 4) is 0 Å². The predicted molar refractivity (Wildman–Crippen MR) is 73.8 cm³/mol. The van der Waals surface area contributed by atoms with Crippen molar-refractivity contribution in [3.63, 3.8) is 0 Å². The minimum Gasteiger partial charge on any atom is -0.392 e. The fourth-order valence-corrected chi connectivity index (χ4v) is 2.38. The van der Waals surface area contributed by atoms with E-state index in [0.717, 1.165) is 11.3 Å². The van der Waals surface area contributed by atoms with Crippen molar-refractivity contribution in [3.05, 3.63) is 59.1 Å². The molecule has 1 atom stereocenters. The van der Waals surface area contributed by atoms with E-state index in [1.807, 2.05) is 0 Å². The molecule has 0 heterocycles. The molecule has 0 fully saturated rings. The van der Waals surface area contributed by atoms with E-state index in [1.165, 1.54) is 0 Å². The summed E-state index contributed by atoms with van der Waals surface area (Å²) in [5.74, 6) is 0. The van der Waals surface area contributed by atoms with E-state index in [4.69, 9.17) is 16.7 Å². The minimum atomic E-state index is -1.32. The minimum absolute atomic E-state index is 0.000549. The van der Waals surface area contributed by atoms with Crippen LogP contribution in [-0.2, 0) is 17.6 Å². The molecule has 0 saturated heterocycles. The second-order valence-electron chi connectivity index (χ2n) is 3.68. The number of aliphatic hydroxyl groups is 1. The molecule has 0 spiro atoms. The lowest BCUT2D eigenvalue weighted by Crippen LogP contribution is -2.04. The molecule has 3 nitrogen and oxygen atoms in total. The van der Waals surface area contributed by atoms with Crippen molar-refractivity contribution < 1.29 is 9.32 Å². The lowest BCUT2D eigenvalue weighted by Gasteiger charge is -2.06. The summed E-state index contributed by atoms with van der Waals surface area (Å²) in [5, 5.41) is 9.54. The average Bonchev–Trinajstić information content (AvgIpc) is 2.40. The highest BCUT2D eigenvalue weighted by Crippen LogP contribution is 2.16. The number of hydrogen-bond donors (Lipinski definition) is 2. The van der Waals surface area contributed by atoms with Crippen LogP contribution in [0.1, 0.15) is 5.56 Å². The first-order chi connectivity index (χ1) is 8.69. The zero-order valence-electron chi connectivity index (χ0n) is 9.47. The molecule has 0 bridgehead atoms. The summed E-state index contributed by atoms with van der Waals surface area (Å²) in [5.41, 5.74) is 1.55. The number of rotatable bonds is 4. The van der Waals surface area contributed by atoms with Crippen molar-refractivity contribution in [2.24, 2.45) is 0 Å². The van der Waals surface area contributed by atoms with E-state index in [9.17, 15) is 4.21 Å². The third-order valence-electron chi connectivity index (χ3n) is 2.37. The lowest BCUT2D eigenvalue weighted by molar-refractivity contribution is 0.282. The van der Waals surface area contributed by atoms with Crippen molar-refractivity contribution in [1.29, 1.82) is 0 Å². The summed E-state index contributed by atoms with van der Waals surface area (Å²) in [6, 6.07) is 13.9. The molecule has 0 aromatic heterocycles. The summed E-state index contributed by atoms with van der Waals surface area (Å²) < 4.78 is 14.9. The van der Waals surface area contributed by atoms with Gasteiger partial charge in [-0.05, 0) is 42.0 Å². The number of benzene rings is 2. The maximum absolute atomic E-state index is 12.0. The summed E-state index contributed by atoms with van der Waals surface area (Å²) in [6.45, 7) is 0.000549. The largest absolute Gasteiger partial charge is 0.392 e. The Balaban J connectivity index is 2.08. The van der Waals surface area contributed by atoms with E-state index in [1.54, 1.807) is 48.5 Å². The van der Waals surface area contributed by atoms with Gasteiger partial charge in [0.05, 0.1) is 11.5 Å². The van der Waals surface area contributed by atoms with E-state index < -0.39 is 11.0 Å². The topological polar surface area (TPSA) is 49.3 Å². The average molecular weight is 282 g/mol. The molecule has 0 radical (unpaired) electrons. The van der Waals surface area contributed by atoms with E-state index in [0.29, 0.717) is 9.92 Å². The molecule has 0 aliphatic rings. The normalized spacial score (nSPS) is 12.1. The molecule has 18 heavy (non-hydrogen) atoms. The van der Waals surface area contributed by atoms with Gasteiger partial charge in [0.2, 0.25) is 0 Å². The van der Waals surface area contributed by atoms with Crippen LogP contribution in [0.5, 0.6) is 0 Å². The predicted octanol–water partition coefficient (Wildman–Crippen LogP) is 2.97. The first-order valence-corrected chi connectivity index (χ1v) is 6.85. The van der Waals surface area contributed by atoms with Gasteiger partial charge in [0.1, 0.15) is 11.0 Å². The van der Waals surface area contributed by atoms with Gasteiger partial charge in [-0.3, -0.25) is 0 Å². The molecule has 2 N–H and O–H groups in total. The van der Waals surface area contributed by atoms with Gasteiger partial charge in [0, 0.05) is 10.7 Å². The molecule has 0 aliphatic carbocycles. The molecule has 94 valence electrons. The van der Waals surface area contributed by atoms with Gasteiger partial charge in [-0.15, -0.1) is 0 Å². The molecule has 0 saturated carbocycles. The Labute approximate surface area is 113 Å². The van der Waals surface area contributed by atoms with E-state index in [2.05, 4.69) is 4.72 Å². The summed E-state index contributed by atoms with van der Waals surface area (Å²) in [4.78, 5) is 0.658. The highest BCUT2D eigenvalue weighted by molar-refractivity contribution is 7.86. The molecule has 2 rings (SSSR count). The highest BCUT2D eigenvalue weighted by atomic mass is 35.5. The standard InChI is InChI=1S/C13H12ClNO2S/c14-11-3-7-13(8-4-11)18(17)15-12-5-1-10(9-16)2-6-12/h1-8,15-16H,9H2. The fraction of sp³-hybridized carbons (Fsp3) is 0.0769. The van der Waals surface area contributed by atoms with Crippen LogP contribution >= 0.6 is 11.6 Å². The third kappa shape index (κ3) is 3.32. The van der Waals surface area contributed by atoms with Crippen LogP contribution in [0.3, 0.4) is 0 Å². The molecule has 5 heteroatoms. The zero-order chi connectivity index (χ0) is 13.0. The van der Waals surface area contributed by atoms with Crippen LogP contribution in [0.2, 0.25) is 5.02 Å². The van der Waals surface area contributed by atoms with Crippen LogP contribution in [0, 0.1) is 0 Å². The van der Waals surface area contributed by atoms with Gasteiger partial charge >= 0.3 is 0 Å². The first kappa shape index (κ1) is 13.1. The second kappa shape index (κ2) is 6.00. The van der Waals surface area contributed by atoms with Gasteiger partial charge in [-0.25, -0.2) is 4.21 Å². The Morgan fingerprint density at radius 2 is 1.67 bits per heavy atom. The third-order valence-corrected chi connectivity index (χ3v) is 3.75. The lowest BCUT2D eigenvalue weighted by atomic mass is 10.2. The Kier molecular flexibility index (Phi) is 4.36. The molecule has 2 aromatic rings. The van der Waals surface area contributed by atoms with Gasteiger partial charge in [0.25, 0.3) is 0 Å². The van der Waals surface area contributed by atoms with E-state index in [-0.39, 0.29) is 6.61 Å². The number of anilines is 1. The maximum Gasteiger partial charge on any atom is 0.150 e. The second-order valence-corrected chi connectivity index (χ2v) is 5.33. The number of halogens is 1. The van der Waals surface area contributed by atoms with Crippen molar-refractivity contribution in [2.45, 2.75) is 11.5 Å². The Hall–Kier alpha value is -1.36. The Morgan fingerprint density at radius 1 is 1.06 bits per heavy atom. The van der Waals surface area contributed by atoms with Crippen LogP contribution in [0.4, 0.5) is 5.69 Å². The molecular weight excluding hydrogens is 270 g/mol. The molecule has 1 unspecified atom stereocenters. The van der Waals surface area contributed by atoms with Crippen LogP contribution < -0.4 is 4.72 Å². The van der Waals surface area contributed by atoms with Crippen LogP contribution in [0.25, 0.3) is 0 Å². The van der Waals surface area contributed by atoms with Gasteiger partial charge < -0.3 is 9.83 Å². The number of nitrogens with one attached hydrogen (secondary N) is 1. The van der Waals surface area contributed by atoms with Gasteiger partial charge in [-0.2, -0.15) is 0 Å². The summed E-state index contributed by atoms with van der Waals surface area (Å²) >= 11 is 5.77. The van der Waals surface area contributed by atoms with Gasteiger partial charge in [0.15, 0.2) is 0 Å². The van der Waals surface area contributed by atoms with Crippen molar-refractivity contribution in [1.82, 2.24) is 0 Å². The molecular formula is C13H12ClNO2S. The molecule has 0 amide bonds. The van der Waals surface area contributed by atoms with E-state index >= 15 is 0 Å². The van der Waals surface area contributed by atoms with Crippen LogP contribution in [-0.4, -0.2) is 9.32 Å². The number of hydrogen-bond acceptors (Lipinski definition) is 2. The maximum atomic E-state index is 12.0. The number of aliphatic hydroxyl groups excluding tert-OH is 1. The monoisotopic (exact) mass is 281 g/mol. The van der Waals surface area contributed by atoms with Crippen molar-refractivity contribution >= 4 is 28.3 Å². The fourth-order valence-electron chi connectivity index (χ4n) is 1.40. The Bertz CT molecular complexity index is 540. The first-order valence-electron chi connectivity index (χ1n) is 5.33. The zero-order valence-corrected chi connectivity index (χ0v) is 11.0. The van der Waals surface area contributed by atoms with Crippen LogP contribution in [0.15, 0.2) is 53.4 Å². The SMILES string of the molecule is O=S(Nc1ccc(CO)cc1)c1ccc(Cl)cc1. The Morgan fingerprint density at radius 3 is 2.22 bits per heavy atom. The highest BCUT2D eigenvalue weighted by Gasteiger charge is 2.03. The molecule has 2 aromatic carbocycles. The smallest absolute Gasteiger partial charge is 0.150 e. The van der Waals surface area contributed by atoms with Crippen molar-refractivity contribution in [2.75, 3.05) is 4.72 Å². The van der Waals surface area contributed by atoms with Gasteiger partial charge in [-0.1, -0.05) is 23.7 Å². The summed E-state index contributed by atoms with van der Waals surface area (Å²) in [6.07, 6.45) is 0. The quantitative estimate of drug-likeness (QED) is 0.905. The summed E-state index contributed by atoms with van der Waals surface area (Å²) in [7, 11) is -1.32. The molecule has 0 aliphatic heterocycles.